The zero-order valence-electron chi connectivity index (χ0n) is 14.6. The summed E-state index contributed by atoms with van der Waals surface area (Å²) < 4.78 is 21.2. The van der Waals surface area contributed by atoms with Crippen LogP contribution >= 0.6 is 0 Å². The van der Waals surface area contributed by atoms with Crippen LogP contribution in [0, 0.1) is 0 Å². The third-order valence-electron chi connectivity index (χ3n) is 3.91. The summed E-state index contributed by atoms with van der Waals surface area (Å²) in [4.78, 5) is 0. The second-order valence-electron chi connectivity index (χ2n) is 5.42. The molecule has 0 radical (unpaired) electrons. The molecular weight excluding hydrogens is 268 g/mol. The van der Waals surface area contributed by atoms with Gasteiger partial charge in [0.25, 0.3) is 5.97 Å². The minimum Gasteiger partial charge on any atom is -0.382 e. The van der Waals surface area contributed by atoms with Gasteiger partial charge in [0.15, 0.2) is 0 Å². The fourth-order valence-corrected chi connectivity index (χ4v) is 2.48. The van der Waals surface area contributed by atoms with Gasteiger partial charge in [0.2, 0.25) is 0 Å². The fraction of sp³-hybridized carbons (Fsp3) is 1.00. The van der Waals surface area contributed by atoms with E-state index in [-0.39, 0.29) is 0 Å². The van der Waals surface area contributed by atoms with E-state index in [1.54, 1.807) is 21.3 Å². The van der Waals surface area contributed by atoms with E-state index in [1.807, 2.05) is 0 Å². The normalized spacial score (nSPS) is 12.0. The molecule has 0 N–H and O–H groups in total. The Balaban J connectivity index is 3.29. The maximum atomic E-state index is 5.33. The summed E-state index contributed by atoms with van der Waals surface area (Å²) in [5.41, 5.74) is 0. The minimum atomic E-state index is -0.847. The summed E-state index contributed by atoms with van der Waals surface area (Å²) in [5.74, 6) is -0.847. The van der Waals surface area contributed by atoms with E-state index < -0.39 is 5.97 Å². The SMILES string of the molecule is CCOCCCCCCCCCCCC(OC)(OC)OC. The molecule has 0 aromatic heterocycles. The number of unbranched alkanes of at least 4 members (excludes halogenated alkanes) is 8. The Morgan fingerprint density at radius 3 is 1.48 bits per heavy atom. The van der Waals surface area contributed by atoms with Gasteiger partial charge < -0.3 is 18.9 Å². The maximum Gasteiger partial charge on any atom is 0.282 e. The van der Waals surface area contributed by atoms with E-state index in [1.165, 1.54) is 51.4 Å². The molecule has 0 heterocycles. The Kier molecular flexibility index (Phi) is 14.7. The highest BCUT2D eigenvalue weighted by Crippen LogP contribution is 2.21. The number of hydrogen-bond donors (Lipinski definition) is 0. The first kappa shape index (κ1) is 20.8. The lowest BCUT2D eigenvalue weighted by molar-refractivity contribution is -0.355. The fourth-order valence-electron chi connectivity index (χ4n) is 2.48. The molecule has 0 aromatic carbocycles. The van der Waals surface area contributed by atoms with Crippen LogP contribution in [-0.2, 0) is 18.9 Å². The molecule has 0 aliphatic carbocycles. The average Bonchev–Trinajstić information content (AvgIpc) is 2.53. The smallest absolute Gasteiger partial charge is 0.282 e. The lowest BCUT2D eigenvalue weighted by Crippen LogP contribution is -2.35. The molecule has 128 valence electrons. The van der Waals surface area contributed by atoms with E-state index in [0.29, 0.717) is 0 Å². The Hall–Kier alpha value is -0.160. The van der Waals surface area contributed by atoms with Gasteiger partial charge in [-0.3, -0.25) is 0 Å². The van der Waals surface area contributed by atoms with Crippen molar-refractivity contribution in [1.82, 2.24) is 0 Å². The molecule has 4 nitrogen and oxygen atoms in total. The van der Waals surface area contributed by atoms with Crippen LogP contribution in [-0.4, -0.2) is 40.5 Å². The summed E-state index contributed by atoms with van der Waals surface area (Å²) in [6, 6.07) is 0. The lowest BCUT2D eigenvalue weighted by atomic mass is 10.1. The molecule has 0 amide bonds. The van der Waals surface area contributed by atoms with Crippen LogP contribution in [0.2, 0.25) is 0 Å². The van der Waals surface area contributed by atoms with Crippen molar-refractivity contribution in [3.63, 3.8) is 0 Å². The van der Waals surface area contributed by atoms with Crippen LogP contribution in [0.25, 0.3) is 0 Å². The number of ether oxygens (including phenoxy) is 4. The van der Waals surface area contributed by atoms with Crippen molar-refractivity contribution in [2.45, 2.75) is 77.1 Å². The van der Waals surface area contributed by atoms with E-state index in [4.69, 9.17) is 18.9 Å². The van der Waals surface area contributed by atoms with Crippen LogP contribution in [0.15, 0.2) is 0 Å². The summed E-state index contributed by atoms with van der Waals surface area (Å²) in [5, 5.41) is 0. The van der Waals surface area contributed by atoms with Crippen molar-refractivity contribution in [2.75, 3.05) is 34.5 Å². The van der Waals surface area contributed by atoms with Crippen molar-refractivity contribution >= 4 is 0 Å². The van der Waals surface area contributed by atoms with E-state index >= 15 is 0 Å². The molecule has 0 spiro atoms. The predicted molar refractivity (Wildman–Crippen MR) is 86.4 cm³/mol. The van der Waals surface area contributed by atoms with Crippen molar-refractivity contribution in [3.8, 4) is 0 Å². The van der Waals surface area contributed by atoms with Crippen LogP contribution in [0.5, 0.6) is 0 Å². The first-order chi connectivity index (χ1) is 10.2. The first-order valence-electron chi connectivity index (χ1n) is 8.48. The van der Waals surface area contributed by atoms with Crippen molar-refractivity contribution < 1.29 is 18.9 Å². The van der Waals surface area contributed by atoms with Gasteiger partial charge in [-0.2, -0.15) is 0 Å². The number of methoxy groups -OCH3 is 3. The maximum absolute atomic E-state index is 5.33. The molecule has 0 unspecified atom stereocenters. The molecule has 0 aliphatic heterocycles. The highest BCUT2D eigenvalue weighted by atomic mass is 16.9. The molecule has 0 rings (SSSR count). The molecule has 0 atom stereocenters. The number of rotatable bonds is 16. The van der Waals surface area contributed by atoms with Crippen molar-refractivity contribution in [3.05, 3.63) is 0 Å². The van der Waals surface area contributed by atoms with Gasteiger partial charge in [0, 0.05) is 41.0 Å². The molecule has 0 fully saturated rings. The van der Waals surface area contributed by atoms with Crippen LogP contribution in [0.1, 0.15) is 71.1 Å². The van der Waals surface area contributed by atoms with Crippen LogP contribution in [0.4, 0.5) is 0 Å². The topological polar surface area (TPSA) is 36.9 Å². The van der Waals surface area contributed by atoms with Crippen LogP contribution in [0.3, 0.4) is 0 Å². The van der Waals surface area contributed by atoms with Gasteiger partial charge in [-0.15, -0.1) is 0 Å². The van der Waals surface area contributed by atoms with Crippen molar-refractivity contribution in [2.24, 2.45) is 0 Å². The van der Waals surface area contributed by atoms with Gasteiger partial charge in [0.1, 0.15) is 0 Å². The van der Waals surface area contributed by atoms with E-state index in [0.717, 1.165) is 26.1 Å². The number of hydrogen-bond acceptors (Lipinski definition) is 4. The summed E-state index contributed by atoms with van der Waals surface area (Å²) >= 11 is 0. The molecule has 0 aromatic rings. The Bertz CT molecular complexity index is 197. The molecule has 4 heteroatoms. The molecule has 0 saturated carbocycles. The second kappa shape index (κ2) is 14.8. The molecule has 21 heavy (non-hydrogen) atoms. The average molecular weight is 304 g/mol. The first-order valence-corrected chi connectivity index (χ1v) is 8.48. The lowest BCUT2D eigenvalue weighted by Gasteiger charge is -2.28. The quantitative estimate of drug-likeness (QED) is 0.310. The van der Waals surface area contributed by atoms with Gasteiger partial charge in [0.05, 0.1) is 0 Å². The largest absolute Gasteiger partial charge is 0.382 e. The monoisotopic (exact) mass is 304 g/mol. The van der Waals surface area contributed by atoms with Crippen molar-refractivity contribution in [1.29, 1.82) is 0 Å². The Morgan fingerprint density at radius 2 is 1.05 bits per heavy atom. The summed E-state index contributed by atoms with van der Waals surface area (Å²) in [6.45, 7) is 3.82. The predicted octanol–water partition coefficient (Wildman–Crippen LogP) is 4.52. The molecular formula is C17H36O4. The molecule has 0 aliphatic rings. The van der Waals surface area contributed by atoms with Gasteiger partial charge in [-0.05, 0) is 19.8 Å². The summed E-state index contributed by atoms with van der Waals surface area (Å²) in [6.07, 6.45) is 12.2. The van der Waals surface area contributed by atoms with E-state index in [9.17, 15) is 0 Å². The zero-order valence-corrected chi connectivity index (χ0v) is 14.6. The van der Waals surface area contributed by atoms with Gasteiger partial charge in [-0.1, -0.05) is 44.9 Å². The third-order valence-corrected chi connectivity index (χ3v) is 3.91. The molecule has 0 bridgehead atoms. The van der Waals surface area contributed by atoms with E-state index in [2.05, 4.69) is 6.92 Å². The summed E-state index contributed by atoms with van der Waals surface area (Å²) in [7, 11) is 4.87. The van der Waals surface area contributed by atoms with Crippen LogP contribution < -0.4 is 0 Å². The Morgan fingerprint density at radius 1 is 0.619 bits per heavy atom. The minimum absolute atomic E-state index is 0.786. The second-order valence-corrected chi connectivity index (χ2v) is 5.42. The molecule has 0 saturated heterocycles. The highest BCUT2D eigenvalue weighted by molar-refractivity contribution is 4.56. The van der Waals surface area contributed by atoms with Gasteiger partial charge in [-0.25, -0.2) is 0 Å². The third kappa shape index (κ3) is 11.1. The Labute approximate surface area is 131 Å². The standard InChI is InChI=1S/C17H36O4/c1-5-21-16-14-12-10-8-6-7-9-11-13-15-17(18-2,19-3)20-4/h5-16H2,1-4H3. The zero-order chi connectivity index (χ0) is 15.8. The van der Waals surface area contributed by atoms with Gasteiger partial charge >= 0.3 is 0 Å². The highest BCUT2D eigenvalue weighted by Gasteiger charge is 2.28.